The number of nitrogens with zero attached hydrogens (tertiary/aromatic N) is 1. The lowest BCUT2D eigenvalue weighted by Gasteiger charge is -2.36. The predicted molar refractivity (Wildman–Crippen MR) is 83.7 cm³/mol. The normalized spacial score (nSPS) is 17.9. The molecule has 1 aliphatic heterocycles. The van der Waals surface area contributed by atoms with Crippen LogP contribution in [-0.4, -0.2) is 57.4 Å². The predicted octanol–water partition coefficient (Wildman–Crippen LogP) is 1.38. The van der Waals surface area contributed by atoms with E-state index in [1.807, 2.05) is 6.07 Å². The summed E-state index contributed by atoms with van der Waals surface area (Å²) in [6.45, 7) is 2.81. The maximum absolute atomic E-state index is 13.4. The molecule has 1 fully saturated rings. The van der Waals surface area contributed by atoms with E-state index in [0.29, 0.717) is 26.3 Å². The van der Waals surface area contributed by atoms with Crippen molar-refractivity contribution in [1.82, 2.24) is 10.2 Å². The molecule has 1 atom stereocenters. The van der Waals surface area contributed by atoms with Crippen LogP contribution in [0.2, 0.25) is 0 Å². The van der Waals surface area contributed by atoms with Crippen LogP contribution < -0.4 is 5.32 Å². The van der Waals surface area contributed by atoms with Gasteiger partial charge < -0.3 is 19.7 Å². The fourth-order valence-electron chi connectivity index (χ4n) is 2.40. The number of amides is 1. The highest BCUT2D eigenvalue weighted by atomic mass is 35.5. The summed E-state index contributed by atoms with van der Waals surface area (Å²) < 4.78 is 23.5. The molecule has 1 N–H and O–H groups in total. The Kier molecular flexibility index (Phi) is 8.34. The molecule has 1 aliphatic rings. The second-order valence-electron chi connectivity index (χ2n) is 4.91. The van der Waals surface area contributed by atoms with Crippen molar-refractivity contribution < 1.29 is 18.7 Å². The first-order valence-corrected chi connectivity index (χ1v) is 7.04. The summed E-state index contributed by atoms with van der Waals surface area (Å²) in [5, 5.41) is 3.24. The zero-order chi connectivity index (χ0) is 15.1. The van der Waals surface area contributed by atoms with Crippen LogP contribution in [0.25, 0.3) is 0 Å². The van der Waals surface area contributed by atoms with Gasteiger partial charge in [-0.15, -0.1) is 12.4 Å². The number of rotatable bonds is 6. The summed E-state index contributed by atoms with van der Waals surface area (Å²) in [5.74, 6) is -0.372. The van der Waals surface area contributed by atoms with Crippen LogP contribution in [0.1, 0.15) is 11.6 Å². The number of piperazine rings is 1. The lowest BCUT2D eigenvalue weighted by atomic mass is 10.0. The first-order chi connectivity index (χ1) is 10.2. The SMILES string of the molecule is COCCOCC(=O)N1CCNCC1c1cccc(F)c1.Cl. The summed E-state index contributed by atoms with van der Waals surface area (Å²) in [4.78, 5) is 14.0. The Bertz CT molecular complexity index is 476. The van der Waals surface area contributed by atoms with Gasteiger partial charge >= 0.3 is 0 Å². The van der Waals surface area contributed by atoms with E-state index in [-0.39, 0.29) is 36.8 Å². The van der Waals surface area contributed by atoms with E-state index in [1.165, 1.54) is 12.1 Å². The Morgan fingerprint density at radius 3 is 3.00 bits per heavy atom. The van der Waals surface area contributed by atoms with Crippen molar-refractivity contribution in [2.75, 3.05) is 46.6 Å². The second-order valence-corrected chi connectivity index (χ2v) is 4.91. The molecule has 0 spiro atoms. The number of carbonyl (C=O) groups is 1. The minimum atomic E-state index is -0.290. The largest absolute Gasteiger partial charge is 0.382 e. The molecule has 1 heterocycles. The van der Waals surface area contributed by atoms with Gasteiger partial charge in [0.25, 0.3) is 0 Å². The zero-order valence-electron chi connectivity index (χ0n) is 12.6. The van der Waals surface area contributed by atoms with Gasteiger partial charge in [-0.1, -0.05) is 12.1 Å². The number of ether oxygens (including phenoxy) is 2. The molecule has 0 aromatic heterocycles. The Morgan fingerprint density at radius 2 is 2.27 bits per heavy atom. The molecular formula is C15H22ClFN2O3. The highest BCUT2D eigenvalue weighted by Gasteiger charge is 2.27. The Morgan fingerprint density at radius 1 is 1.45 bits per heavy atom. The lowest BCUT2D eigenvalue weighted by Crippen LogP contribution is -2.49. The van der Waals surface area contributed by atoms with E-state index in [4.69, 9.17) is 9.47 Å². The molecule has 1 amide bonds. The molecule has 0 radical (unpaired) electrons. The average Bonchev–Trinajstić information content (AvgIpc) is 2.51. The minimum absolute atomic E-state index is 0. The first-order valence-electron chi connectivity index (χ1n) is 7.04. The Balaban J connectivity index is 0.00000242. The maximum Gasteiger partial charge on any atom is 0.249 e. The van der Waals surface area contributed by atoms with Crippen LogP contribution in [0, 0.1) is 5.82 Å². The number of benzene rings is 1. The molecular weight excluding hydrogens is 311 g/mol. The summed E-state index contributed by atoms with van der Waals surface area (Å²) in [7, 11) is 1.58. The van der Waals surface area contributed by atoms with E-state index in [2.05, 4.69) is 5.32 Å². The number of carbonyl (C=O) groups excluding carboxylic acids is 1. The molecule has 1 saturated heterocycles. The van der Waals surface area contributed by atoms with E-state index in [0.717, 1.165) is 12.1 Å². The van der Waals surface area contributed by atoms with Gasteiger partial charge in [0.2, 0.25) is 5.91 Å². The summed E-state index contributed by atoms with van der Waals surface area (Å²) >= 11 is 0. The van der Waals surface area contributed by atoms with Crippen molar-refractivity contribution in [3.05, 3.63) is 35.6 Å². The summed E-state index contributed by atoms with van der Waals surface area (Å²) in [6.07, 6.45) is 0. The quantitative estimate of drug-likeness (QED) is 0.800. The zero-order valence-corrected chi connectivity index (χ0v) is 13.4. The number of methoxy groups -OCH3 is 1. The van der Waals surface area contributed by atoms with Crippen molar-refractivity contribution in [1.29, 1.82) is 0 Å². The van der Waals surface area contributed by atoms with Crippen molar-refractivity contribution in [3.63, 3.8) is 0 Å². The molecule has 0 saturated carbocycles. The summed E-state index contributed by atoms with van der Waals surface area (Å²) in [6, 6.07) is 6.22. The first kappa shape index (κ1) is 18.8. The number of hydrogen-bond acceptors (Lipinski definition) is 4. The van der Waals surface area contributed by atoms with Gasteiger partial charge in [0.05, 0.1) is 19.3 Å². The van der Waals surface area contributed by atoms with Crippen molar-refractivity contribution >= 4 is 18.3 Å². The monoisotopic (exact) mass is 332 g/mol. The van der Waals surface area contributed by atoms with Crippen molar-refractivity contribution in [2.45, 2.75) is 6.04 Å². The lowest BCUT2D eigenvalue weighted by molar-refractivity contribution is -0.140. The molecule has 1 aromatic rings. The topological polar surface area (TPSA) is 50.8 Å². The van der Waals surface area contributed by atoms with E-state index in [1.54, 1.807) is 18.1 Å². The maximum atomic E-state index is 13.4. The number of nitrogens with one attached hydrogen (secondary N) is 1. The van der Waals surface area contributed by atoms with Crippen LogP contribution in [0.15, 0.2) is 24.3 Å². The fraction of sp³-hybridized carbons (Fsp3) is 0.533. The minimum Gasteiger partial charge on any atom is -0.382 e. The molecule has 1 unspecified atom stereocenters. The van der Waals surface area contributed by atoms with Gasteiger partial charge in [-0.2, -0.15) is 0 Å². The van der Waals surface area contributed by atoms with Gasteiger partial charge in [-0.25, -0.2) is 4.39 Å². The van der Waals surface area contributed by atoms with Crippen LogP contribution in [0.3, 0.4) is 0 Å². The summed E-state index contributed by atoms with van der Waals surface area (Å²) in [5.41, 5.74) is 0.799. The number of hydrogen-bond donors (Lipinski definition) is 1. The average molecular weight is 333 g/mol. The van der Waals surface area contributed by atoms with Crippen molar-refractivity contribution in [2.24, 2.45) is 0 Å². The molecule has 0 aliphatic carbocycles. The van der Waals surface area contributed by atoms with Crippen LogP contribution in [-0.2, 0) is 14.3 Å². The highest BCUT2D eigenvalue weighted by molar-refractivity contribution is 5.85. The van der Waals surface area contributed by atoms with E-state index in [9.17, 15) is 9.18 Å². The highest BCUT2D eigenvalue weighted by Crippen LogP contribution is 2.23. The van der Waals surface area contributed by atoms with Gasteiger partial charge in [0, 0.05) is 26.7 Å². The molecule has 0 bridgehead atoms. The fourth-order valence-corrected chi connectivity index (χ4v) is 2.40. The third-order valence-electron chi connectivity index (χ3n) is 3.45. The molecule has 7 heteroatoms. The van der Waals surface area contributed by atoms with Gasteiger partial charge in [0.1, 0.15) is 12.4 Å². The van der Waals surface area contributed by atoms with Gasteiger partial charge in [-0.3, -0.25) is 4.79 Å². The smallest absolute Gasteiger partial charge is 0.249 e. The second kappa shape index (κ2) is 9.74. The Hall–Kier alpha value is -1.21. The third-order valence-corrected chi connectivity index (χ3v) is 3.45. The van der Waals surface area contributed by atoms with Crippen LogP contribution in [0.4, 0.5) is 4.39 Å². The van der Waals surface area contributed by atoms with Gasteiger partial charge in [0.15, 0.2) is 0 Å². The van der Waals surface area contributed by atoms with E-state index >= 15 is 0 Å². The van der Waals surface area contributed by atoms with Gasteiger partial charge in [-0.05, 0) is 17.7 Å². The standard InChI is InChI=1S/C15H21FN2O3.ClH/c1-20-7-8-21-11-15(19)18-6-5-17-10-14(18)12-3-2-4-13(16)9-12;/h2-4,9,14,17H,5-8,10-11H2,1H3;1H. The number of halogens is 2. The van der Waals surface area contributed by atoms with E-state index < -0.39 is 0 Å². The Labute approximate surface area is 136 Å². The van der Waals surface area contributed by atoms with Crippen LogP contribution in [0.5, 0.6) is 0 Å². The molecule has 124 valence electrons. The molecule has 22 heavy (non-hydrogen) atoms. The van der Waals surface area contributed by atoms with Crippen molar-refractivity contribution in [3.8, 4) is 0 Å². The third kappa shape index (κ3) is 5.21. The van der Waals surface area contributed by atoms with Crippen LogP contribution >= 0.6 is 12.4 Å². The molecule has 1 aromatic carbocycles. The molecule has 5 nitrogen and oxygen atoms in total. The molecule has 2 rings (SSSR count).